The zero-order valence-corrected chi connectivity index (χ0v) is 14.0. The van der Waals surface area contributed by atoms with Gasteiger partial charge in [0.2, 0.25) is 0 Å². The molecule has 4 nitrogen and oxygen atoms in total. The van der Waals surface area contributed by atoms with Crippen molar-refractivity contribution < 1.29 is 9.47 Å². The molecular weight excluding hydrogens is 332 g/mol. The van der Waals surface area contributed by atoms with Crippen LogP contribution in [0.3, 0.4) is 0 Å². The zero-order valence-electron chi connectivity index (χ0n) is 12.4. The average Bonchev–Trinajstić information content (AvgIpc) is 2.47. The van der Waals surface area contributed by atoms with Crippen molar-refractivity contribution in [3.05, 3.63) is 46.1 Å². The number of rotatable bonds is 6. The molecule has 1 aromatic carbocycles. The Morgan fingerprint density at radius 3 is 2.71 bits per heavy atom. The lowest BCUT2D eigenvalue weighted by Gasteiger charge is -2.12. The van der Waals surface area contributed by atoms with Gasteiger partial charge in [-0.25, -0.2) is 4.98 Å². The molecule has 0 fully saturated rings. The molecule has 0 radical (unpaired) electrons. The van der Waals surface area contributed by atoms with E-state index in [1.54, 1.807) is 13.3 Å². The van der Waals surface area contributed by atoms with E-state index in [0.717, 1.165) is 32.9 Å². The Labute approximate surface area is 133 Å². The summed E-state index contributed by atoms with van der Waals surface area (Å²) < 4.78 is 11.9. The lowest BCUT2D eigenvalue weighted by molar-refractivity contribution is 0.310. The van der Waals surface area contributed by atoms with Crippen molar-refractivity contribution in [2.75, 3.05) is 19.0 Å². The van der Waals surface area contributed by atoms with E-state index in [1.807, 2.05) is 38.1 Å². The second-order valence-corrected chi connectivity index (χ2v) is 5.51. The molecule has 112 valence electrons. The predicted molar refractivity (Wildman–Crippen MR) is 88.2 cm³/mol. The fourth-order valence-electron chi connectivity index (χ4n) is 2.01. The number of ether oxygens (including phenoxy) is 2. The van der Waals surface area contributed by atoms with Crippen molar-refractivity contribution in [2.24, 2.45) is 0 Å². The fourth-order valence-corrected chi connectivity index (χ4v) is 2.45. The van der Waals surface area contributed by atoms with Crippen molar-refractivity contribution in [1.29, 1.82) is 0 Å². The van der Waals surface area contributed by atoms with E-state index >= 15 is 0 Å². The van der Waals surface area contributed by atoms with Crippen LogP contribution in [0.25, 0.3) is 0 Å². The van der Waals surface area contributed by atoms with Crippen molar-refractivity contribution in [3.63, 3.8) is 0 Å². The molecule has 0 bridgehead atoms. The number of halogens is 1. The van der Waals surface area contributed by atoms with Crippen molar-refractivity contribution in [2.45, 2.75) is 20.4 Å². The molecule has 1 heterocycles. The molecule has 2 aromatic rings. The van der Waals surface area contributed by atoms with E-state index in [9.17, 15) is 0 Å². The molecule has 0 saturated heterocycles. The topological polar surface area (TPSA) is 43.4 Å². The summed E-state index contributed by atoms with van der Waals surface area (Å²) in [6, 6.07) is 7.97. The van der Waals surface area contributed by atoms with Crippen molar-refractivity contribution in [1.82, 2.24) is 4.98 Å². The zero-order chi connectivity index (χ0) is 15.2. The molecule has 1 N–H and O–H groups in total. The highest BCUT2D eigenvalue weighted by Crippen LogP contribution is 2.28. The summed E-state index contributed by atoms with van der Waals surface area (Å²) >= 11 is 3.41. The standard InChI is InChI=1S/C16H19BrN2O2/c1-4-21-14-6-5-12(8-15(14)20-3)9-18-16-11(2)7-13(17)10-19-16/h5-8,10H,4,9H2,1-3H3,(H,18,19). The van der Waals surface area contributed by atoms with Crippen LogP contribution in [0.4, 0.5) is 5.82 Å². The van der Waals surface area contributed by atoms with Crippen LogP contribution in [0.15, 0.2) is 34.9 Å². The van der Waals surface area contributed by atoms with Gasteiger partial charge in [0, 0.05) is 17.2 Å². The van der Waals surface area contributed by atoms with Gasteiger partial charge in [-0.2, -0.15) is 0 Å². The number of aryl methyl sites for hydroxylation is 1. The van der Waals surface area contributed by atoms with Crippen LogP contribution in [0, 0.1) is 6.92 Å². The SMILES string of the molecule is CCOc1ccc(CNc2ncc(Br)cc2C)cc1OC. The van der Waals surface area contributed by atoms with Gasteiger partial charge in [-0.1, -0.05) is 6.07 Å². The minimum absolute atomic E-state index is 0.621. The molecule has 2 rings (SSSR count). The Morgan fingerprint density at radius 2 is 2.05 bits per heavy atom. The molecule has 0 aliphatic carbocycles. The Balaban J connectivity index is 2.09. The summed E-state index contributed by atoms with van der Waals surface area (Å²) in [4.78, 5) is 4.37. The maximum atomic E-state index is 5.51. The molecule has 21 heavy (non-hydrogen) atoms. The number of pyridine rings is 1. The maximum absolute atomic E-state index is 5.51. The summed E-state index contributed by atoms with van der Waals surface area (Å²) in [5.41, 5.74) is 2.21. The second kappa shape index (κ2) is 7.31. The van der Waals surface area contributed by atoms with E-state index in [-0.39, 0.29) is 0 Å². The highest BCUT2D eigenvalue weighted by Gasteiger charge is 2.06. The van der Waals surface area contributed by atoms with Crippen LogP contribution >= 0.6 is 15.9 Å². The number of hydrogen-bond donors (Lipinski definition) is 1. The summed E-state index contributed by atoms with van der Waals surface area (Å²) in [6.45, 7) is 5.28. The van der Waals surface area contributed by atoms with E-state index in [0.29, 0.717) is 13.2 Å². The van der Waals surface area contributed by atoms with Crippen LogP contribution in [0.5, 0.6) is 11.5 Å². The largest absolute Gasteiger partial charge is 0.493 e. The number of nitrogens with one attached hydrogen (secondary N) is 1. The van der Waals surface area contributed by atoms with Gasteiger partial charge >= 0.3 is 0 Å². The van der Waals surface area contributed by atoms with Crippen molar-refractivity contribution >= 4 is 21.7 Å². The molecule has 0 amide bonds. The second-order valence-electron chi connectivity index (χ2n) is 4.59. The third kappa shape index (κ3) is 4.11. The summed E-state index contributed by atoms with van der Waals surface area (Å²) in [5.74, 6) is 2.39. The van der Waals surface area contributed by atoms with Crippen molar-refractivity contribution in [3.8, 4) is 11.5 Å². The lowest BCUT2D eigenvalue weighted by Crippen LogP contribution is -2.04. The monoisotopic (exact) mass is 350 g/mol. The molecule has 0 unspecified atom stereocenters. The molecule has 0 spiro atoms. The van der Waals surface area contributed by atoms with Gasteiger partial charge in [-0.15, -0.1) is 0 Å². The van der Waals surface area contributed by atoms with Gasteiger partial charge < -0.3 is 14.8 Å². The number of anilines is 1. The van der Waals surface area contributed by atoms with E-state index in [2.05, 4.69) is 26.2 Å². The minimum Gasteiger partial charge on any atom is -0.493 e. The van der Waals surface area contributed by atoms with E-state index in [4.69, 9.17) is 9.47 Å². The lowest BCUT2D eigenvalue weighted by atomic mass is 10.2. The van der Waals surface area contributed by atoms with Gasteiger partial charge in [0.15, 0.2) is 11.5 Å². The number of hydrogen-bond acceptors (Lipinski definition) is 4. The number of benzene rings is 1. The normalized spacial score (nSPS) is 10.3. The molecule has 0 aliphatic rings. The first kappa shape index (κ1) is 15.6. The van der Waals surface area contributed by atoms with E-state index in [1.165, 1.54) is 0 Å². The van der Waals surface area contributed by atoms with Gasteiger partial charge in [-0.3, -0.25) is 0 Å². The summed E-state index contributed by atoms with van der Waals surface area (Å²) in [5, 5.41) is 3.33. The Bertz CT molecular complexity index is 617. The van der Waals surface area contributed by atoms with Crippen LogP contribution < -0.4 is 14.8 Å². The molecule has 0 aliphatic heterocycles. The van der Waals surface area contributed by atoms with E-state index < -0.39 is 0 Å². The summed E-state index contributed by atoms with van der Waals surface area (Å²) in [6.07, 6.45) is 1.79. The highest BCUT2D eigenvalue weighted by atomic mass is 79.9. The average molecular weight is 351 g/mol. The smallest absolute Gasteiger partial charge is 0.161 e. The first-order chi connectivity index (χ1) is 10.1. The minimum atomic E-state index is 0.621. The Hall–Kier alpha value is -1.75. The number of aromatic nitrogens is 1. The summed E-state index contributed by atoms with van der Waals surface area (Å²) in [7, 11) is 1.65. The maximum Gasteiger partial charge on any atom is 0.161 e. The predicted octanol–water partition coefficient (Wildman–Crippen LogP) is 4.17. The van der Waals surface area contributed by atoms with Gasteiger partial charge in [-0.05, 0) is 59.1 Å². The molecule has 5 heteroatoms. The number of methoxy groups -OCH3 is 1. The first-order valence-electron chi connectivity index (χ1n) is 6.79. The van der Waals surface area contributed by atoms with Gasteiger partial charge in [0.25, 0.3) is 0 Å². The fraction of sp³-hybridized carbons (Fsp3) is 0.312. The third-order valence-corrected chi connectivity index (χ3v) is 3.47. The van der Waals surface area contributed by atoms with Crippen LogP contribution in [-0.2, 0) is 6.54 Å². The van der Waals surface area contributed by atoms with Crippen LogP contribution in [-0.4, -0.2) is 18.7 Å². The highest BCUT2D eigenvalue weighted by molar-refractivity contribution is 9.10. The Morgan fingerprint density at radius 1 is 1.24 bits per heavy atom. The molecule has 0 atom stereocenters. The van der Waals surface area contributed by atoms with Crippen LogP contribution in [0.1, 0.15) is 18.1 Å². The van der Waals surface area contributed by atoms with Gasteiger partial charge in [0.05, 0.1) is 13.7 Å². The quantitative estimate of drug-likeness (QED) is 0.848. The third-order valence-electron chi connectivity index (χ3n) is 3.03. The molecule has 0 saturated carbocycles. The van der Waals surface area contributed by atoms with Crippen LogP contribution in [0.2, 0.25) is 0 Å². The molecule has 1 aromatic heterocycles. The molecular formula is C16H19BrN2O2. The first-order valence-corrected chi connectivity index (χ1v) is 7.59. The Kier molecular flexibility index (Phi) is 5.44. The van der Waals surface area contributed by atoms with Gasteiger partial charge in [0.1, 0.15) is 5.82 Å². The number of nitrogens with zero attached hydrogens (tertiary/aromatic N) is 1.